The molecule has 2 aromatic heterocycles. The van der Waals surface area contributed by atoms with Gasteiger partial charge in [0.1, 0.15) is 0 Å². The topological polar surface area (TPSA) is 108 Å². The van der Waals surface area contributed by atoms with Crippen molar-refractivity contribution >= 4 is 23.3 Å². The third-order valence-electron chi connectivity index (χ3n) is 8.15. The summed E-state index contributed by atoms with van der Waals surface area (Å²) < 4.78 is 3.65. The van der Waals surface area contributed by atoms with E-state index in [0.717, 1.165) is 43.4 Å². The fourth-order valence-corrected chi connectivity index (χ4v) is 7.40. The minimum atomic E-state index is -0.504. The van der Waals surface area contributed by atoms with Crippen LogP contribution in [0.3, 0.4) is 0 Å². The Morgan fingerprint density at radius 3 is 2.53 bits per heavy atom. The van der Waals surface area contributed by atoms with Gasteiger partial charge in [-0.1, -0.05) is 11.6 Å². The molecule has 0 aromatic carbocycles. The summed E-state index contributed by atoms with van der Waals surface area (Å²) in [6.07, 6.45) is 8.28. The summed E-state index contributed by atoms with van der Waals surface area (Å²) in [5.41, 5.74) is 2.36. The van der Waals surface area contributed by atoms with Crippen molar-refractivity contribution < 1.29 is 9.72 Å². The summed E-state index contributed by atoms with van der Waals surface area (Å²) in [4.78, 5) is 23.9. The second kappa shape index (κ2) is 7.30. The molecular weight excluding hydrogens is 432 g/mol. The summed E-state index contributed by atoms with van der Waals surface area (Å²) in [6.45, 7) is 4.29. The summed E-state index contributed by atoms with van der Waals surface area (Å²) in [6, 6.07) is 0. The second-order valence-electron chi connectivity index (χ2n) is 10.4. The smallest absolute Gasteiger partial charge is 0.358 e. The standard InChI is InChI=1S/C22H29ClN6O3/c1-13-17(11-25-27(13)3)10-24-18(30)9-21-5-15-4-16(6-21)8-22(7-15,12-21)28-14(2)19(23)20(26-28)29(31)32/h11,15-16H,4-10,12H2,1-3H3,(H,24,30). The number of nitrogens with zero attached hydrogens (tertiary/aromatic N) is 5. The maximum Gasteiger partial charge on any atom is 0.408 e. The molecule has 4 aliphatic rings. The second-order valence-corrected chi connectivity index (χ2v) is 10.8. The SMILES string of the molecule is Cc1c(CNC(=O)CC23CC4CC(C2)CC(n2nc([N+](=O)[O-])c(Cl)c2C)(C4)C3)cnn1C. The number of halogens is 1. The number of carbonyl (C=O) groups excluding carboxylic acids is 1. The summed E-state index contributed by atoms with van der Waals surface area (Å²) >= 11 is 6.29. The molecular formula is C22H29ClN6O3. The molecule has 2 aromatic rings. The lowest BCUT2D eigenvalue weighted by Gasteiger charge is -2.61. The maximum atomic E-state index is 13.0. The molecule has 2 unspecified atom stereocenters. The molecule has 4 bridgehead atoms. The molecule has 172 valence electrons. The molecule has 2 atom stereocenters. The van der Waals surface area contributed by atoms with Crippen LogP contribution in [0.25, 0.3) is 0 Å². The van der Waals surface area contributed by atoms with Crippen molar-refractivity contribution in [1.82, 2.24) is 24.9 Å². The molecule has 0 radical (unpaired) electrons. The molecule has 10 heteroatoms. The molecule has 0 aliphatic heterocycles. The summed E-state index contributed by atoms with van der Waals surface area (Å²) in [5, 5.41) is 23.3. The van der Waals surface area contributed by atoms with Gasteiger partial charge in [-0.3, -0.25) is 9.48 Å². The van der Waals surface area contributed by atoms with Gasteiger partial charge in [0, 0.05) is 31.3 Å². The highest BCUT2D eigenvalue weighted by Crippen LogP contribution is 2.65. The quantitative estimate of drug-likeness (QED) is 0.521. The highest BCUT2D eigenvalue weighted by atomic mass is 35.5. The number of amides is 1. The maximum absolute atomic E-state index is 13.0. The number of aromatic nitrogens is 4. The lowest BCUT2D eigenvalue weighted by atomic mass is 9.46. The molecule has 4 aliphatic carbocycles. The lowest BCUT2D eigenvalue weighted by molar-refractivity contribution is -0.389. The third kappa shape index (κ3) is 3.32. The Hall–Kier alpha value is -2.42. The van der Waals surface area contributed by atoms with Crippen LogP contribution in [0.15, 0.2) is 6.20 Å². The van der Waals surface area contributed by atoms with Crippen LogP contribution in [-0.2, 0) is 23.9 Å². The van der Waals surface area contributed by atoms with Crippen molar-refractivity contribution in [1.29, 1.82) is 0 Å². The van der Waals surface area contributed by atoms with E-state index < -0.39 is 4.92 Å². The monoisotopic (exact) mass is 460 g/mol. The summed E-state index contributed by atoms with van der Waals surface area (Å²) in [7, 11) is 1.89. The van der Waals surface area contributed by atoms with Crippen LogP contribution in [0.2, 0.25) is 5.02 Å². The highest BCUT2D eigenvalue weighted by Gasteiger charge is 2.60. The molecule has 32 heavy (non-hydrogen) atoms. The van der Waals surface area contributed by atoms with E-state index in [-0.39, 0.29) is 27.7 Å². The van der Waals surface area contributed by atoms with Crippen molar-refractivity contribution in [3.05, 3.63) is 38.3 Å². The Morgan fingerprint density at radius 1 is 1.28 bits per heavy atom. The van der Waals surface area contributed by atoms with Gasteiger partial charge in [0.05, 0.1) is 22.5 Å². The van der Waals surface area contributed by atoms with Crippen LogP contribution in [0, 0.1) is 41.2 Å². The van der Waals surface area contributed by atoms with Gasteiger partial charge in [-0.25, -0.2) is 0 Å². The van der Waals surface area contributed by atoms with Gasteiger partial charge in [-0.15, -0.1) is 0 Å². The molecule has 4 fully saturated rings. The van der Waals surface area contributed by atoms with Crippen LogP contribution in [0.4, 0.5) is 5.82 Å². The van der Waals surface area contributed by atoms with E-state index in [1.165, 1.54) is 6.42 Å². The van der Waals surface area contributed by atoms with Gasteiger partial charge in [0.15, 0.2) is 5.02 Å². The zero-order valence-corrected chi connectivity index (χ0v) is 19.5. The molecule has 4 saturated carbocycles. The molecule has 1 amide bonds. The predicted molar refractivity (Wildman–Crippen MR) is 118 cm³/mol. The summed E-state index contributed by atoms with van der Waals surface area (Å²) in [5.74, 6) is 0.835. The van der Waals surface area contributed by atoms with E-state index in [1.54, 1.807) is 10.9 Å². The molecule has 0 saturated heterocycles. The molecule has 6 rings (SSSR count). The minimum Gasteiger partial charge on any atom is -0.358 e. The van der Waals surface area contributed by atoms with Crippen LogP contribution in [0.5, 0.6) is 0 Å². The average Bonchev–Trinajstić information content (AvgIpc) is 3.18. The Balaban J connectivity index is 1.38. The fourth-order valence-electron chi connectivity index (χ4n) is 7.22. The first kappa shape index (κ1) is 21.4. The van der Waals surface area contributed by atoms with Crippen LogP contribution in [0.1, 0.15) is 61.9 Å². The first-order chi connectivity index (χ1) is 15.1. The van der Waals surface area contributed by atoms with Gasteiger partial charge in [-0.2, -0.15) is 9.78 Å². The average molecular weight is 461 g/mol. The number of carbonyl (C=O) groups is 1. The fraction of sp³-hybridized carbons (Fsp3) is 0.682. The van der Waals surface area contributed by atoms with Gasteiger partial charge < -0.3 is 15.4 Å². The largest absolute Gasteiger partial charge is 0.408 e. The van der Waals surface area contributed by atoms with E-state index in [1.807, 2.05) is 25.6 Å². The van der Waals surface area contributed by atoms with Crippen molar-refractivity contribution in [2.75, 3.05) is 0 Å². The van der Waals surface area contributed by atoms with Gasteiger partial charge in [0.25, 0.3) is 0 Å². The van der Waals surface area contributed by atoms with Crippen molar-refractivity contribution in [2.24, 2.45) is 24.3 Å². The Morgan fingerprint density at radius 2 is 1.97 bits per heavy atom. The van der Waals surface area contributed by atoms with E-state index in [9.17, 15) is 14.9 Å². The van der Waals surface area contributed by atoms with Crippen molar-refractivity contribution in [2.45, 2.75) is 70.9 Å². The van der Waals surface area contributed by atoms with Crippen LogP contribution in [-0.4, -0.2) is 30.4 Å². The Kier molecular flexibility index (Phi) is 4.89. The van der Waals surface area contributed by atoms with Crippen molar-refractivity contribution in [3.8, 4) is 0 Å². The zero-order valence-electron chi connectivity index (χ0n) is 18.7. The van der Waals surface area contributed by atoms with E-state index in [0.29, 0.717) is 30.5 Å². The van der Waals surface area contributed by atoms with Crippen molar-refractivity contribution in [3.63, 3.8) is 0 Å². The minimum absolute atomic E-state index is 0.0616. The Labute approximate surface area is 191 Å². The first-order valence-corrected chi connectivity index (χ1v) is 11.6. The van der Waals surface area contributed by atoms with Gasteiger partial charge in [-0.05, 0) is 74.5 Å². The van der Waals surface area contributed by atoms with Gasteiger partial charge >= 0.3 is 5.82 Å². The zero-order chi connectivity index (χ0) is 22.8. The number of hydrogen-bond acceptors (Lipinski definition) is 5. The van der Waals surface area contributed by atoms with E-state index >= 15 is 0 Å². The lowest BCUT2D eigenvalue weighted by Crippen LogP contribution is -2.57. The van der Waals surface area contributed by atoms with Crippen LogP contribution >= 0.6 is 11.6 Å². The number of nitrogens with one attached hydrogen (secondary N) is 1. The van der Waals surface area contributed by atoms with E-state index in [2.05, 4.69) is 15.5 Å². The Bertz CT molecular complexity index is 1090. The van der Waals surface area contributed by atoms with E-state index in [4.69, 9.17) is 11.6 Å². The molecule has 1 N–H and O–H groups in total. The van der Waals surface area contributed by atoms with Gasteiger partial charge in [0.2, 0.25) is 5.91 Å². The normalized spacial score (nSPS) is 30.6. The number of aryl methyl sites for hydroxylation is 1. The third-order valence-corrected chi connectivity index (χ3v) is 8.59. The molecule has 0 spiro atoms. The first-order valence-electron chi connectivity index (χ1n) is 11.3. The van der Waals surface area contributed by atoms with Crippen LogP contribution < -0.4 is 5.32 Å². The number of nitro groups is 1. The number of hydrogen-bond donors (Lipinski definition) is 1. The number of rotatable bonds is 6. The highest BCUT2D eigenvalue weighted by molar-refractivity contribution is 6.33. The predicted octanol–water partition coefficient (Wildman–Crippen LogP) is 3.80. The molecule has 9 nitrogen and oxygen atoms in total. The molecule has 2 heterocycles.